The average Bonchev–Trinajstić information content (AvgIpc) is 2.59. The molecule has 0 aliphatic rings. The van der Waals surface area contributed by atoms with Crippen molar-refractivity contribution in [2.45, 2.75) is 25.4 Å². The zero-order chi connectivity index (χ0) is 17.7. The summed E-state index contributed by atoms with van der Waals surface area (Å²) < 4.78 is 5.14. The lowest BCUT2D eigenvalue weighted by Crippen LogP contribution is -2.41. The van der Waals surface area contributed by atoms with Crippen LogP contribution >= 0.6 is 11.6 Å². The number of rotatable bonds is 6. The molecule has 0 aliphatic heterocycles. The van der Waals surface area contributed by atoms with Gasteiger partial charge >= 0.3 is 0 Å². The summed E-state index contributed by atoms with van der Waals surface area (Å²) in [5, 5.41) is 13.6. The summed E-state index contributed by atoms with van der Waals surface area (Å²) in [6, 6.07) is 14.3. The first-order valence-electron chi connectivity index (χ1n) is 7.71. The van der Waals surface area contributed by atoms with E-state index in [1.807, 2.05) is 38.1 Å². The second kappa shape index (κ2) is 7.69. The van der Waals surface area contributed by atoms with Crippen LogP contribution in [0.1, 0.15) is 31.1 Å². The minimum absolute atomic E-state index is 0.139. The minimum Gasteiger partial charge on any atom is -0.497 e. The molecule has 2 N–H and O–H groups in total. The van der Waals surface area contributed by atoms with E-state index in [4.69, 9.17) is 16.3 Å². The SMILES string of the molecule is COc1ccc(C(C)(C)C(=O)NCC(O)c2ccc(Cl)cc2)cc1. The highest BCUT2D eigenvalue weighted by Crippen LogP contribution is 2.26. The van der Waals surface area contributed by atoms with E-state index in [2.05, 4.69) is 5.32 Å². The van der Waals surface area contributed by atoms with Gasteiger partial charge in [0.05, 0.1) is 18.6 Å². The van der Waals surface area contributed by atoms with Gasteiger partial charge in [-0.1, -0.05) is 35.9 Å². The predicted octanol–water partition coefficient (Wildman–Crippen LogP) is 3.48. The Morgan fingerprint density at radius 1 is 1.17 bits per heavy atom. The van der Waals surface area contributed by atoms with Crippen molar-refractivity contribution in [2.24, 2.45) is 0 Å². The molecule has 2 rings (SSSR count). The van der Waals surface area contributed by atoms with Gasteiger partial charge in [0.1, 0.15) is 5.75 Å². The Hall–Kier alpha value is -2.04. The molecule has 0 aromatic heterocycles. The molecule has 0 saturated heterocycles. The number of halogens is 1. The number of benzene rings is 2. The summed E-state index contributed by atoms with van der Waals surface area (Å²) in [5.74, 6) is 0.591. The van der Waals surface area contributed by atoms with Crippen LogP contribution in [0.5, 0.6) is 5.75 Å². The average molecular weight is 348 g/mol. The van der Waals surface area contributed by atoms with E-state index in [-0.39, 0.29) is 12.5 Å². The number of amides is 1. The molecule has 0 saturated carbocycles. The molecule has 0 radical (unpaired) electrons. The van der Waals surface area contributed by atoms with Crippen LogP contribution in [-0.2, 0) is 10.2 Å². The molecule has 24 heavy (non-hydrogen) atoms. The van der Waals surface area contributed by atoms with Crippen molar-refractivity contribution in [3.05, 3.63) is 64.7 Å². The van der Waals surface area contributed by atoms with Crippen LogP contribution in [0.2, 0.25) is 5.02 Å². The van der Waals surface area contributed by atoms with Crippen molar-refractivity contribution in [1.82, 2.24) is 5.32 Å². The highest BCUT2D eigenvalue weighted by atomic mass is 35.5. The van der Waals surface area contributed by atoms with Gasteiger partial charge in [-0.25, -0.2) is 0 Å². The summed E-state index contributed by atoms with van der Waals surface area (Å²) >= 11 is 5.83. The van der Waals surface area contributed by atoms with Gasteiger partial charge in [-0.15, -0.1) is 0 Å². The third-order valence-corrected chi connectivity index (χ3v) is 4.34. The summed E-state index contributed by atoms with van der Waals surface area (Å²) in [7, 11) is 1.60. The van der Waals surface area contributed by atoms with Gasteiger partial charge in [-0.05, 0) is 49.2 Å². The monoisotopic (exact) mass is 347 g/mol. The summed E-state index contributed by atoms with van der Waals surface area (Å²) in [5.41, 5.74) is 0.871. The molecule has 2 aromatic carbocycles. The molecule has 5 heteroatoms. The third kappa shape index (κ3) is 4.28. The standard InChI is InChI=1S/C19H22ClNO3/c1-19(2,14-6-10-16(24-3)11-7-14)18(23)21-12-17(22)13-4-8-15(20)9-5-13/h4-11,17,22H,12H2,1-3H3,(H,21,23). The number of nitrogens with one attached hydrogen (secondary N) is 1. The van der Waals surface area contributed by atoms with Gasteiger partial charge in [-0.2, -0.15) is 0 Å². The van der Waals surface area contributed by atoms with Gasteiger partial charge in [0.2, 0.25) is 5.91 Å². The number of aliphatic hydroxyl groups is 1. The fourth-order valence-corrected chi connectivity index (χ4v) is 2.48. The highest BCUT2D eigenvalue weighted by Gasteiger charge is 2.30. The fraction of sp³-hybridized carbons (Fsp3) is 0.316. The van der Waals surface area contributed by atoms with E-state index in [0.29, 0.717) is 10.6 Å². The maximum absolute atomic E-state index is 12.5. The molecule has 128 valence electrons. The Morgan fingerprint density at radius 3 is 2.29 bits per heavy atom. The number of carbonyl (C=O) groups is 1. The van der Waals surface area contributed by atoms with Crippen molar-refractivity contribution in [3.8, 4) is 5.75 Å². The number of hydrogen-bond donors (Lipinski definition) is 2. The van der Waals surface area contributed by atoms with Crippen molar-refractivity contribution < 1.29 is 14.6 Å². The Balaban J connectivity index is 2.00. The molecule has 2 aromatic rings. The van der Waals surface area contributed by atoms with Crippen molar-refractivity contribution in [2.75, 3.05) is 13.7 Å². The lowest BCUT2D eigenvalue weighted by atomic mass is 9.83. The lowest BCUT2D eigenvalue weighted by Gasteiger charge is -2.25. The van der Waals surface area contributed by atoms with Crippen LogP contribution in [-0.4, -0.2) is 24.7 Å². The molecule has 0 spiro atoms. The van der Waals surface area contributed by atoms with Crippen LogP contribution in [0, 0.1) is 0 Å². The largest absolute Gasteiger partial charge is 0.497 e. The van der Waals surface area contributed by atoms with Crippen LogP contribution < -0.4 is 10.1 Å². The molecular weight excluding hydrogens is 326 g/mol. The predicted molar refractivity (Wildman–Crippen MR) is 95.4 cm³/mol. The van der Waals surface area contributed by atoms with E-state index in [0.717, 1.165) is 11.3 Å². The molecule has 0 heterocycles. The molecule has 4 nitrogen and oxygen atoms in total. The molecule has 0 fully saturated rings. The summed E-state index contributed by atoms with van der Waals surface area (Å²) in [6.07, 6.45) is -0.780. The zero-order valence-corrected chi connectivity index (χ0v) is 14.8. The number of hydrogen-bond acceptors (Lipinski definition) is 3. The van der Waals surface area contributed by atoms with Crippen molar-refractivity contribution >= 4 is 17.5 Å². The zero-order valence-electron chi connectivity index (χ0n) is 14.0. The molecule has 1 amide bonds. The number of ether oxygens (including phenoxy) is 1. The molecule has 1 unspecified atom stereocenters. The van der Waals surface area contributed by atoms with Crippen LogP contribution in [0.4, 0.5) is 0 Å². The Bertz CT molecular complexity index is 681. The summed E-state index contributed by atoms with van der Waals surface area (Å²) in [6.45, 7) is 3.83. The molecule has 0 bridgehead atoms. The molecule has 1 atom stereocenters. The first-order valence-corrected chi connectivity index (χ1v) is 8.08. The van der Waals surface area contributed by atoms with Gasteiger partial charge in [0.15, 0.2) is 0 Å². The summed E-state index contributed by atoms with van der Waals surface area (Å²) in [4.78, 5) is 12.5. The number of aliphatic hydroxyl groups excluding tert-OH is 1. The normalized spacial score (nSPS) is 12.5. The van der Waals surface area contributed by atoms with Gasteiger partial charge in [0, 0.05) is 11.6 Å². The first-order chi connectivity index (χ1) is 11.3. The van der Waals surface area contributed by atoms with Crippen LogP contribution in [0.15, 0.2) is 48.5 Å². The van der Waals surface area contributed by atoms with Crippen LogP contribution in [0.3, 0.4) is 0 Å². The van der Waals surface area contributed by atoms with E-state index in [1.54, 1.807) is 31.4 Å². The Labute approximate surface area is 147 Å². The maximum atomic E-state index is 12.5. The van der Waals surface area contributed by atoms with Gasteiger partial charge in [-0.3, -0.25) is 4.79 Å². The topological polar surface area (TPSA) is 58.6 Å². The van der Waals surface area contributed by atoms with Gasteiger partial charge in [0.25, 0.3) is 0 Å². The quantitative estimate of drug-likeness (QED) is 0.841. The van der Waals surface area contributed by atoms with E-state index < -0.39 is 11.5 Å². The maximum Gasteiger partial charge on any atom is 0.230 e. The van der Waals surface area contributed by atoms with Crippen molar-refractivity contribution in [1.29, 1.82) is 0 Å². The Kier molecular flexibility index (Phi) is 5.86. The second-order valence-corrected chi connectivity index (χ2v) is 6.57. The Morgan fingerprint density at radius 2 is 1.75 bits per heavy atom. The fourth-order valence-electron chi connectivity index (χ4n) is 2.35. The molecular formula is C19H22ClNO3. The van der Waals surface area contributed by atoms with E-state index in [1.165, 1.54) is 0 Å². The third-order valence-electron chi connectivity index (χ3n) is 4.09. The molecule has 0 aliphatic carbocycles. The van der Waals surface area contributed by atoms with Crippen molar-refractivity contribution in [3.63, 3.8) is 0 Å². The lowest BCUT2D eigenvalue weighted by molar-refractivity contribution is -0.126. The number of carbonyl (C=O) groups excluding carboxylic acids is 1. The van der Waals surface area contributed by atoms with E-state index >= 15 is 0 Å². The number of methoxy groups -OCH3 is 1. The minimum atomic E-state index is -0.780. The van der Waals surface area contributed by atoms with E-state index in [9.17, 15) is 9.90 Å². The first kappa shape index (κ1) is 18.3. The smallest absolute Gasteiger partial charge is 0.230 e. The second-order valence-electron chi connectivity index (χ2n) is 6.13. The van der Waals surface area contributed by atoms with Gasteiger partial charge < -0.3 is 15.2 Å². The highest BCUT2D eigenvalue weighted by molar-refractivity contribution is 6.30. The van der Waals surface area contributed by atoms with Crippen LogP contribution in [0.25, 0.3) is 0 Å².